The van der Waals surface area contributed by atoms with Crippen LogP contribution in [0.25, 0.3) is 22.2 Å². The first-order chi connectivity index (χ1) is 14.5. The van der Waals surface area contributed by atoms with Crippen molar-refractivity contribution >= 4 is 22.6 Å². The van der Waals surface area contributed by atoms with Crippen LogP contribution in [0.2, 0.25) is 0 Å². The lowest BCUT2D eigenvalue weighted by Gasteiger charge is -2.23. The molecule has 0 amide bonds. The van der Waals surface area contributed by atoms with Crippen LogP contribution in [-0.4, -0.2) is 25.1 Å². The molecule has 3 aromatic carbocycles. The second kappa shape index (κ2) is 8.33. The third-order valence-electron chi connectivity index (χ3n) is 5.01. The third kappa shape index (κ3) is 4.01. The summed E-state index contributed by atoms with van der Waals surface area (Å²) in [4.78, 5) is 18.9. The summed E-state index contributed by atoms with van der Waals surface area (Å²) in [6, 6.07) is 23.7. The number of nitrogens with zero attached hydrogens (tertiary/aromatic N) is 2. The fourth-order valence-corrected chi connectivity index (χ4v) is 3.46. The van der Waals surface area contributed by atoms with Crippen LogP contribution in [-0.2, 0) is 11.3 Å². The summed E-state index contributed by atoms with van der Waals surface area (Å²) in [6.45, 7) is 0.679. The number of carbonyl (C=O) groups is 1. The summed E-state index contributed by atoms with van der Waals surface area (Å²) >= 11 is 0. The zero-order valence-electron chi connectivity index (χ0n) is 16.8. The van der Waals surface area contributed by atoms with Crippen LogP contribution in [0.4, 0.5) is 10.1 Å². The number of aromatic nitrogens is 1. The molecule has 4 nitrogen and oxygen atoms in total. The Morgan fingerprint density at radius 3 is 2.43 bits per heavy atom. The molecule has 0 saturated carbocycles. The minimum absolute atomic E-state index is 0.290. The van der Waals surface area contributed by atoms with Gasteiger partial charge in [-0.1, -0.05) is 30.3 Å². The van der Waals surface area contributed by atoms with Gasteiger partial charge in [-0.2, -0.15) is 0 Å². The Morgan fingerprint density at radius 1 is 1.00 bits per heavy atom. The topological polar surface area (TPSA) is 42.4 Å². The summed E-state index contributed by atoms with van der Waals surface area (Å²) in [6.07, 6.45) is 0. The van der Waals surface area contributed by atoms with E-state index in [0.717, 1.165) is 33.4 Å². The molecule has 1 heterocycles. The molecular weight excluding hydrogens is 379 g/mol. The summed E-state index contributed by atoms with van der Waals surface area (Å²) in [5.74, 6) is -0.680. The first-order valence-electron chi connectivity index (χ1n) is 9.59. The van der Waals surface area contributed by atoms with Gasteiger partial charge in [-0.15, -0.1) is 0 Å². The number of ether oxygens (including phenoxy) is 1. The van der Waals surface area contributed by atoms with E-state index in [1.807, 2.05) is 31.3 Å². The molecule has 0 radical (unpaired) electrons. The van der Waals surface area contributed by atoms with Crippen LogP contribution in [0.15, 0.2) is 78.9 Å². The molecular formula is C25H21FN2O2. The van der Waals surface area contributed by atoms with E-state index in [9.17, 15) is 9.18 Å². The van der Waals surface area contributed by atoms with Gasteiger partial charge in [-0.3, -0.25) is 0 Å². The second-order valence-electron chi connectivity index (χ2n) is 7.10. The normalized spacial score (nSPS) is 10.8. The Bertz CT molecular complexity index is 1190. The number of carbonyl (C=O) groups excluding carboxylic acids is 1. The highest BCUT2D eigenvalue weighted by Gasteiger charge is 2.15. The highest BCUT2D eigenvalue weighted by Crippen LogP contribution is 2.33. The predicted octanol–water partition coefficient (Wildman–Crippen LogP) is 5.46. The standard InChI is InChI=1S/C25H21FN2O2/c1-28(16-17-6-4-3-5-7-17)23-15-20-14-19(25(29)30-2)10-13-22(20)27-24(23)18-8-11-21(26)12-9-18/h3-15H,16H2,1-2H3. The molecule has 0 atom stereocenters. The molecule has 4 rings (SSSR count). The van der Waals surface area contributed by atoms with E-state index in [2.05, 4.69) is 17.0 Å². The number of pyridine rings is 1. The molecule has 0 saturated heterocycles. The lowest BCUT2D eigenvalue weighted by Crippen LogP contribution is -2.17. The molecule has 5 heteroatoms. The second-order valence-corrected chi connectivity index (χ2v) is 7.10. The van der Waals surface area contributed by atoms with Crippen molar-refractivity contribution in [2.75, 3.05) is 19.1 Å². The number of hydrogen-bond donors (Lipinski definition) is 0. The lowest BCUT2D eigenvalue weighted by molar-refractivity contribution is 0.0601. The summed E-state index contributed by atoms with van der Waals surface area (Å²) in [5.41, 5.74) is 4.85. The first kappa shape index (κ1) is 19.6. The van der Waals surface area contributed by atoms with Crippen LogP contribution < -0.4 is 4.90 Å². The Kier molecular flexibility index (Phi) is 5.44. The summed E-state index contributed by atoms with van der Waals surface area (Å²) < 4.78 is 18.3. The van der Waals surface area contributed by atoms with Crippen LogP contribution in [0.5, 0.6) is 0 Å². The third-order valence-corrected chi connectivity index (χ3v) is 5.01. The van der Waals surface area contributed by atoms with E-state index >= 15 is 0 Å². The predicted molar refractivity (Wildman–Crippen MR) is 117 cm³/mol. The fraction of sp³-hybridized carbons (Fsp3) is 0.120. The number of hydrogen-bond acceptors (Lipinski definition) is 4. The van der Waals surface area contributed by atoms with E-state index in [1.165, 1.54) is 19.2 Å². The summed E-state index contributed by atoms with van der Waals surface area (Å²) in [7, 11) is 3.36. The van der Waals surface area contributed by atoms with Crippen molar-refractivity contribution < 1.29 is 13.9 Å². The molecule has 0 spiro atoms. The molecule has 150 valence electrons. The lowest BCUT2D eigenvalue weighted by atomic mass is 10.0. The number of halogens is 1. The summed E-state index contributed by atoms with van der Waals surface area (Å²) in [5, 5.41) is 0.832. The fourth-order valence-electron chi connectivity index (χ4n) is 3.46. The SMILES string of the molecule is COC(=O)c1ccc2nc(-c3ccc(F)cc3)c(N(C)Cc3ccccc3)cc2c1. The van der Waals surface area contributed by atoms with Crippen molar-refractivity contribution in [2.45, 2.75) is 6.54 Å². The smallest absolute Gasteiger partial charge is 0.337 e. The van der Waals surface area contributed by atoms with E-state index < -0.39 is 5.97 Å². The molecule has 30 heavy (non-hydrogen) atoms. The van der Waals surface area contributed by atoms with E-state index in [-0.39, 0.29) is 5.82 Å². The molecule has 0 fully saturated rings. The maximum absolute atomic E-state index is 13.5. The zero-order chi connectivity index (χ0) is 21.1. The number of fused-ring (bicyclic) bond motifs is 1. The van der Waals surface area contributed by atoms with E-state index in [4.69, 9.17) is 9.72 Å². The highest BCUT2D eigenvalue weighted by atomic mass is 19.1. The molecule has 0 bridgehead atoms. The molecule has 1 aromatic heterocycles. The van der Waals surface area contributed by atoms with Crippen molar-refractivity contribution in [3.05, 3.63) is 95.8 Å². The molecule has 0 aliphatic rings. The highest BCUT2D eigenvalue weighted by molar-refractivity contribution is 5.96. The van der Waals surface area contributed by atoms with Crippen LogP contribution in [0, 0.1) is 5.82 Å². The Morgan fingerprint density at radius 2 is 1.73 bits per heavy atom. The number of benzene rings is 3. The number of esters is 1. The number of rotatable bonds is 5. The van der Waals surface area contributed by atoms with E-state index in [1.54, 1.807) is 30.3 Å². The largest absolute Gasteiger partial charge is 0.465 e. The molecule has 0 N–H and O–H groups in total. The van der Waals surface area contributed by atoms with Crippen molar-refractivity contribution in [3.8, 4) is 11.3 Å². The Balaban J connectivity index is 1.85. The van der Waals surface area contributed by atoms with Crippen LogP contribution >= 0.6 is 0 Å². The monoisotopic (exact) mass is 400 g/mol. The van der Waals surface area contributed by atoms with Crippen LogP contribution in [0.3, 0.4) is 0 Å². The minimum Gasteiger partial charge on any atom is -0.465 e. The zero-order valence-corrected chi connectivity index (χ0v) is 16.8. The van der Waals surface area contributed by atoms with Gasteiger partial charge in [0.2, 0.25) is 0 Å². The Hall–Kier alpha value is -3.73. The van der Waals surface area contributed by atoms with Gasteiger partial charge in [-0.25, -0.2) is 14.2 Å². The van der Waals surface area contributed by atoms with Gasteiger partial charge >= 0.3 is 5.97 Å². The van der Waals surface area contributed by atoms with Crippen molar-refractivity contribution in [1.82, 2.24) is 4.98 Å². The van der Waals surface area contributed by atoms with Gasteiger partial charge in [0.15, 0.2) is 0 Å². The molecule has 4 aromatic rings. The molecule has 0 aliphatic heterocycles. The maximum atomic E-state index is 13.5. The van der Waals surface area contributed by atoms with Crippen molar-refractivity contribution in [1.29, 1.82) is 0 Å². The molecule has 0 aliphatic carbocycles. The van der Waals surface area contributed by atoms with Crippen LogP contribution in [0.1, 0.15) is 15.9 Å². The van der Waals surface area contributed by atoms with Gasteiger partial charge in [0.25, 0.3) is 0 Å². The van der Waals surface area contributed by atoms with Gasteiger partial charge in [-0.05, 0) is 54.1 Å². The van der Waals surface area contributed by atoms with E-state index in [0.29, 0.717) is 12.1 Å². The average molecular weight is 400 g/mol. The van der Waals surface area contributed by atoms with Crippen molar-refractivity contribution in [3.63, 3.8) is 0 Å². The van der Waals surface area contributed by atoms with Gasteiger partial charge in [0.05, 0.1) is 29.6 Å². The number of anilines is 1. The first-order valence-corrected chi connectivity index (χ1v) is 9.59. The van der Waals surface area contributed by atoms with Gasteiger partial charge in [0.1, 0.15) is 5.82 Å². The van der Waals surface area contributed by atoms with Crippen molar-refractivity contribution in [2.24, 2.45) is 0 Å². The average Bonchev–Trinajstić information content (AvgIpc) is 2.78. The number of methoxy groups -OCH3 is 1. The maximum Gasteiger partial charge on any atom is 0.337 e. The van der Waals surface area contributed by atoms with Gasteiger partial charge in [0, 0.05) is 24.5 Å². The minimum atomic E-state index is -0.390. The van der Waals surface area contributed by atoms with Gasteiger partial charge < -0.3 is 9.64 Å². The molecule has 0 unspecified atom stereocenters. The quantitative estimate of drug-likeness (QED) is 0.417. The Labute approximate surface area is 174 Å².